The fourth-order valence-electron chi connectivity index (χ4n) is 1.39. The van der Waals surface area contributed by atoms with Crippen LogP contribution in [0.1, 0.15) is 36.2 Å². The van der Waals surface area contributed by atoms with Gasteiger partial charge in [0.1, 0.15) is 11.6 Å². The molecule has 5 nitrogen and oxygen atoms in total. The maximum absolute atomic E-state index is 13.3. The smallest absolute Gasteiger partial charge is 0.295 e. The highest BCUT2D eigenvalue weighted by atomic mass is 79.9. The molecule has 2 aromatic rings. The van der Waals surface area contributed by atoms with Crippen molar-refractivity contribution in [3.05, 3.63) is 40.1 Å². The number of hydrogen-bond acceptors (Lipinski definition) is 3. The molecular weight excluding hydrogens is 315 g/mol. The minimum Gasteiger partial charge on any atom is -0.319 e. The molecule has 0 bridgehead atoms. The Morgan fingerprint density at radius 2 is 2.21 bits per heavy atom. The van der Waals surface area contributed by atoms with E-state index in [1.807, 2.05) is 13.8 Å². The SMILES string of the molecule is CC(C)c1nc(C(=O)Nc2ccc(Br)c(F)c2)n[nH]1. The lowest BCUT2D eigenvalue weighted by Crippen LogP contribution is -2.14. The van der Waals surface area contributed by atoms with Crippen molar-refractivity contribution < 1.29 is 9.18 Å². The van der Waals surface area contributed by atoms with Gasteiger partial charge < -0.3 is 5.32 Å². The summed E-state index contributed by atoms with van der Waals surface area (Å²) in [7, 11) is 0. The zero-order chi connectivity index (χ0) is 14.0. The van der Waals surface area contributed by atoms with Gasteiger partial charge in [0.2, 0.25) is 5.82 Å². The summed E-state index contributed by atoms with van der Waals surface area (Å²) in [5.41, 5.74) is 0.349. The third kappa shape index (κ3) is 3.17. The molecule has 2 N–H and O–H groups in total. The third-order valence-electron chi connectivity index (χ3n) is 2.43. The zero-order valence-corrected chi connectivity index (χ0v) is 12.0. The maximum Gasteiger partial charge on any atom is 0.295 e. The zero-order valence-electron chi connectivity index (χ0n) is 10.4. The molecule has 1 heterocycles. The minimum absolute atomic E-state index is 0.0343. The highest BCUT2D eigenvalue weighted by Crippen LogP contribution is 2.19. The van der Waals surface area contributed by atoms with Gasteiger partial charge in [0, 0.05) is 11.6 Å². The van der Waals surface area contributed by atoms with Crippen molar-refractivity contribution >= 4 is 27.5 Å². The molecule has 0 saturated heterocycles. The minimum atomic E-state index is -0.482. The van der Waals surface area contributed by atoms with Gasteiger partial charge in [-0.1, -0.05) is 13.8 Å². The molecule has 0 saturated carbocycles. The Balaban J connectivity index is 2.13. The van der Waals surface area contributed by atoms with Crippen molar-refractivity contribution in [1.82, 2.24) is 15.2 Å². The predicted molar refractivity (Wildman–Crippen MR) is 72.5 cm³/mol. The second-order valence-electron chi connectivity index (χ2n) is 4.28. The molecule has 2 rings (SSSR count). The molecule has 0 aliphatic heterocycles. The Morgan fingerprint density at radius 3 is 2.79 bits per heavy atom. The second-order valence-corrected chi connectivity index (χ2v) is 5.14. The summed E-state index contributed by atoms with van der Waals surface area (Å²) < 4.78 is 13.6. The van der Waals surface area contributed by atoms with Gasteiger partial charge in [-0.15, -0.1) is 5.10 Å². The Morgan fingerprint density at radius 1 is 1.47 bits per heavy atom. The number of H-pyrrole nitrogens is 1. The summed E-state index contributed by atoms with van der Waals surface area (Å²) in [6.45, 7) is 3.87. The summed E-state index contributed by atoms with van der Waals surface area (Å²) in [6.07, 6.45) is 0. The van der Waals surface area contributed by atoms with Crippen LogP contribution in [-0.4, -0.2) is 21.1 Å². The van der Waals surface area contributed by atoms with Crippen LogP contribution in [0.5, 0.6) is 0 Å². The number of aromatic amines is 1. The van der Waals surface area contributed by atoms with Crippen LogP contribution in [0.2, 0.25) is 0 Å². The largest absolute Gasteiger partial charge is 0.319 e. The van der Waals surface area contributed by atoms with Gasteiger partial charge >= 0.3 is 0 Å². The number of nitrogens with one attached hydrogen (secondary N) is 2. The molecule has 1 aromatic heterocycles. The molecule has 0 aliphatic carbocycles. The van der Waals surface area contributed by atoms with Crippen LogP contribution < -0.4 is 5.32 Å². The van der Waals surface area contributed by atoms with Gasteiger partial charge in [-0.3, -0.25) is 9.89 Å². The van der Waals surface area contributed by atoms with Crippen molar-refractivity contribution in [2.45, 2.75) is 19.8 Å². The molecule has 0 radical (unpaired) electrons. The first-order valence-corrected chi connectivity index (χ1v) is 6.45. The fraction of sp³-hybridized carbons (Fsp3) is 0.250. The predicted octanol–water partition coefficient (Wildman–Crippen LogP) is 3.08. The summed E-state index contributed by atoms with van der Waals surface area (Å²) in [4.78, 5) is 15.9. The van der Waals surface area contributed by atoms with Crippen LogP contribution >= 0.6 is 15.9 Å². The van der Waals surface area contributed by atoms with E-state index in [1.54, 1.807) is 6.07 Å². The van der Waals surface area contributed by atoms with Crippen molar-refractivity contribution in [2.75, 3.05) is 5.32 Å². The number of amides is 1. The Kier molecular flexibility index (Phi) is 3.94. The van der Waals surface area contributed by atoms with Crippen molar-refractivity contribution in [1.29, 1.82) is 0 Å². The molecule has 0 unspecified atom stereocenters. The number of hydrogen-bond donors (Lipinski definition) is 2. The first-order chi connectivity index (χ1) is 8.97. The van der Waals surface area contributed by atoms with Crippen molar-refractivity contribution in [2.24, 2.45) is 0 Å². The number of benzene rings is 1. The van der Waals surface area contributed by atoms with Crippen LogP contribution in [0.4, 0.5) is 10.1 Å². The molecule has 0 atom stereocenters. The van der Waals surface area contributed by atoms with Crippen LogP contribution in [-0.2, 0) is 0 Å². The van der Waals surface area contributed by atoms with E-state index in [4.69, 9.17) is 0 Å². The lowest BCUT2D eigenvalue weighted by Gasteiger charge is -2.03. The average molecular weight is 327 g/mol. The van der Waals surface area contributed by atoms with Crippen LogP contribution in [0.3, 0.4) is 0 Å². The van der Waals surface area contributed by atoms with Crippen molar-refractivity contribution in [3.63, 3.8) is 0 Å². The van der Waals surface area contributed by atoms with Crippen LogP contribution in [0.15, 0.2) is 22.7 Å². The molecule has 0 aliphatic rings. The molecule has 19 heavy (non-hydrogen) atoms. The molecule has 0 fully saturated rings. The van der Waals surface area contributed by atoms with Gasteiger partial charge in [-0.05, 0) is 34.1 Å². The number of anilines is 1. The first kappa shape index (κ1) is 13.7. The Labute approximate surface area is 117 Å². The summed E-state index contributed by atoms with van der Waals surface area (Å²) in [5, 5.41) is 9.04. The van der Waals surface area contributed by atoms with E-state index < -0.39 is 11.7 Å². The molecule has 1 amide bonds. The summed E-state index contributed by atoms with van der Waals surface area (Å²) >= 11 is 3.04. The summed E-state index contributed by atoms with van der Waals surface area (Å²) in [5.74, 6) is -0.112. The maximum atomic E-state index is 13.3. The van der Waals surface area contributed by atoms with Gasteiger partial charge in [0.15, 0.2) is 0 Å². The standard InChI is InChI=1S/C12H12BrFN4O/c1-6(2)10-16-11(18-17-10)12(19)15-7-3-4-8(13)9(14)5-7/h3-6H,1-2H3,(H,15,19)(H,16,17,18). The van der Waals surface area contributed by atoms with Gasteiger partial charge in [-0.25, -0.2) is 9.37 Å². The number of rotatable bonds is 3. The molecular formula is C12H12BrFN4O. The number of halogens is 2. The Hall–Kier alpha value is -1.76. The number of carbonyl (C=O) groups is 1. The quantitative estimate of drug-likeness (QED) is 0.910. The normalized spacial score (nSPS) is 10.8. The van der Waals surface area contributed by atoms with Gasteiger partial charge in [0.05, 0.1) is 4.47 Å². The van der Waals surface area contributed by atoms with E-state index in [2.05, 4.69) is 36.4 Å². The third-order valence-corrected chi connectivity index (χ3v) is 3.07. The van der Waals surface area contributed by atoms with E-state index in [0.29, 0.717) is 16.0 Å². The van der Waals surface area contributed by atoms with Gasteiger partial charge in [-0.2, -0.15) is 0 Å². The lowest BCUT2D eigenvalue weighted by atomic mass is 10.2. The topological polar surface area (TPSA) is 70.7 Å². The van der Waals surface area contributed by atoms with E-state index >= 15 is 0 Å². The molecule has 100 valence electrons. The summed E-state index contributed by atoms with van der Waals surface area (Å²) in [6, 6.07) is 4.32. The van der Waals surface area contributed by atoms with Crippen LogP contribution in [0.25, 0.3) is 0 Å². The lowest BCUT2D eigenvalue weighted by molar-refractivity contribution is 0.101. The number of carbonyl (C=O) groups excluding carboxylic acids is 1. The van der Waals surface area contributed by atoms with Gasteiger partial charge in [0.25, 0.3) is 5.91 Å². The van der Waals surface area contributed by atoms with E-state index in [-0.39, 0.29) is 11.7 Å². The molecule has 7 heteroatoms. The van der Waals surface area contributed by atoms with E-state index in [0.717, 1.165) is 0 Å². The van der Waals surface area contributed by atoms with E-state index in [1.165, 1.54) is 12.1 Å². The van der Waals surface area contributed by atoms with Crippen molar-refractivity contribution in [3.8, 4) is 0 Å². The Bertz CT molecular complexity index is 612. The number of aromatic nitrogens is 3. The first-order valence-electron chi connectivity index (χ1n) is 5.66. The number of nitrogens with zero attached hydrogens (tertiary/aromatic N) is 2. The fourth-order valence-corrected chi connectivity index (χ4v) is 1.64. The highest BCUT2D eigenvalue weighted by molar-refractivity contribution is 9.10. The van der Waals surface area contributed by atoms with E-state index in [9.17, 15) is 9.18 Å². The molecule has 1 aromatic carbocycles. The highest BCUT2D eigenvalue weighted by Gasteiger charge is 2.14. The van der Waals surface area contributed by atoms with Crippen LogP contribution in [0, 0.1) is 5.82 Å². The molecule has 0 spiro atoms. The second kappa shape index (κ2) is 5.48. The monoisotopic (exact) mass is 326 g/mol. The average Bonchev–Trinajstić information content (AvgIpc) is 2.83.